The van der Waals surface area contributed by atoms with Crippen LogP contribution < -0.4 is 5.73 Å². The minimum Gasteiger partial charge on any atom is -0.399 e. The first kappa shape index (κ1) is 13.4. The molecule has 1 fully saturated rings. The van der Waals surface area contributed by atoms with E-state index in [1.54, 1.807) is 0 Å². The molecule has 2 N–H and O–H groups in total. The Bertz CT molecular complexity index is 356. The van der Waals surface area contributed by atoms with Crippen LogP contribution in [-0.4, -0.2) is 18.0 Å². The number of nitrogens with zero attached hydrogens (tertiary/aromatic N) is 1. The van der Waals surface area contributed by atoms with E-state index in [4.69, 9.17) is 5.73 Å². The van der Waals surface area contributed by atoms with E-state index < -0.39 is 0 Å². The monoisotopic (exact) mass is 246 g/mol. The summed E-state index contributed by atoms with van der Waals surface area (Å²) in [6, 6.07) is 8.32. The van der Waals surface area contributed by atoms with E-state index in [0.717, 1.165) is 18.2 Å². The van der Waals surface area contributed by atoms with Gasteiger partial charge in [-0.3, -0.25) is 4.90 Å². The maximum absolute atomic E-state index is 5.85. The standard InChI is InChI=1S/C16H26N2/c1-2-10-18(12-14-6-3-4-7-14)13-15-8-5-9-16(17)11-15/h5,8-9,11,14H,2-4,6-7,10,12-13,17H2,1H3. The molecule has 1 aliphatic carbocycles. The van der Waals surface area contributed by atoms with E-state index >= 15 is 0 Å². The summed E-state index contributed by atoms with van der Waals surface area (Å²) in [7, 11) is 0. The molecule has 18 heavy (non-hydrogen) atoms. The molecule has 1 aromatic rings. The van der Waals surface area contributed by atoms with Crippen LogP contribution in [0.25, 0.3) is 0 Å². The molecule has 0 radical (unpaired) electrons. The molecule has 0 bridgehead atoms. The van der Waals surface area contributed by atoms with E-state index in [1.807, 2.05) is 6.07 Å². The van der Waals surface area contributed by atoms with Gasteiger partial charge in [-0.25, -0.2) is 0 Å². The van der Waals surface area contributed by atoms with Crippen LogP contribution in [0.1, 0.15) is 44.6 Å². The number of hydrogen-bond donors (Lipinski definition) is 1. The second-order valence-electron chi connectivity index (χ2n) is 5.63. The number of nitrogen functional groups attached to an aromatic ring is 1. The lowest BCUT2D eigenvalue weighted by atomic mass is 10.1. The molecule has 1 aliphatic rings. The predicted molar refractivity (Wildman–Crippen MR) is 78.4 cm³/mol. The Hall–Kier alpha value is -1.02. The van der Waals surface area contributed by atoms with Gasteiger partial charge in [-0.1, -0.05) is 31.9 Å². The van der Waals surface area contributed by atoms with Crippen molar-refractivity contribution in [3.05, 3.63) is 29.8 Å². The summed E-state index contributed by atoms with van der Waals surface area (Å²) in [5.74, 6) is 0.928. The summed E-state index contributed by atoms with van der Waals surface area (Å²) in [5, 5.41) is 0. The summed E-state index contributed by atoms with van der Waals surface area (Å²) in [5.41, 5.74) is 8.08. The molecule has 1 saturated carbocycles. The Morgan fingerprint density at radius 3 is 2.72 bits per heavy atom. The summed E-state index contributed by atoms with van der Waals surface area (Å²) in [4.78, 5) is 2.60. The molecule has 0 saturated heterocycles. The third-order valence-electron chi connectivity index (χ3n) is 3.89. The molecular weight excluding hydrogens is 220 g/mol. The molecule has 2 nitrogen and oxygen atoms in total. The summed E-state index contributed by atoms with van der Waals surface area (Å²) in [6.07, 6.45) is 6.95. The second-order valence-corrected chi connectivity index (χ2v) is 5.63. The van der Waals surface area contributed by atoms with Crippen molar-refractivity contribution in [2.75, 3.05) is 18.8 Å². The quantitative estimate of drug-likeness (QED) is 0.776. The van der Waals surface area contributed by atoms with Crippen LogP contribution >= 0.6 is 0 Å². The van der Waals surface area contributed by atoms with Gasteiger partial charge in [0, 0.05) is 18.8 Å². The zero-order valence-corrected chi connectivity index (χ0v) is 11.6. The highest BCUT2D eigenvalue weighted by Gasteiger charge is 2.18. The zero-order chi connectivity index (χ0) is 12.8. The summed E-state index contributed by atoms with van der Waals surface area (Å²) >= 11 is 0. The Balaban J connectivity index is 1.92. The molecule has 0 atom stereocenters. The van der Waals surface area contributed by atoms with Crippen molar-refractivity contribution in [2.24, 2.45) is 5.92 Å². The highest BCUT2D eigenvalue weighted by Crippen LogP contribution is 2.26. The molecule has 0 aromatic heterocycles. The van der Waals surface area contributed by atoms with Gasteiger partial charge in [0.05, 0.1) is 0 Å². The third kappa shape index (κ3) is 4.02. The fourth-order valence-electron chi connectivity index (χ4n) is 3.06. The van der Waals surface area contributed by atoms with Crippen LogP contribution in [0.4, 0.5) is 5.69 Å². The lowest BCUT2D eigenvalue weighted by molar-refractivity contribution is 0.224. The van der Waals surface area contributed by atoms with E-state index in [1.165, 1.54) is 50.8 Å². The minimum absolute atomic E-state index is 0.879. The van der Waals surface area contributed by atoms with Gasteiger partial charge in [0.15, 0.2) is 0 Å². The first-order valence-corrected chi connectivity index (χ1v) is 7.34. The zero-order valence-electron chi connectivity index (χ0n) is 11.6. The maximum Gasteiger partial charge on any atom is 0.0317 e. The molecule has 0 aliphatic heterocycles. The van der Waals surface area contributed by atoms with Crippen LogP contribution in [0.15, 0.2) is 24.3 Å². The molecule has 2 heteroatoms. The van der Waals surface area contributed by atoms with Crippen molar-refractivity contribution in [1.29, 1.82) is 0 Å². The van der Waals surface area contributed by atoms with Gasteiger partial charge in [0.2, 0.25) is 0 Å². The Morgan fingerprint density at radius 1 is 1.28 bits per heavy atom. The van der Waals surface area contributed by atoms with Gasteiger partial charge in [0.25, 0.3) is 0 Å². The van der Waals surface area contributed by atoms with Crippen molar-refractivity contribution in [1.82, 2.24) is 4.90 Å². The molecule has 0 unspecified atom stereocenters. The molecule has 1 aromatic carbocycles. The molecule has 100 valence electrons. The van der Waals surface area contributed by atoms with Gasteiger partial charge in [-0.15, -0.1) is 0 Å². The van der Waals surface area contributed by atoms with E-state index in [9.17, 15) is 0 Å². The Morgan fingerprint density at radius 2 is 2.06 bits per heavy atom. The number of hydrogen-bond acceptors (Lipinski definition) is 2. The normalized spacial score (nSPS) is 16.6. The maximum atomic E-state index is 5.85. The van der Waals surface area contributed by atoms with Gasteiger partial charge in [-0.05, 0) is 49.4 Å². The first-order chi connectivity index (χ1) is 8.78. The largest absolute Gasteiger partial charge is 0.399 e. The van der Waals surface area contributed by atoms with Crippen LogP contribution in [0, 0.1) is 5.92 Å². The lowest BCUT2D eigenvalue weighted by Crippen LogP contribution is -2.29. The van der Waals surface area contributed by atoms with Crippen LogP contribution in [0.2, 0.25) is 0 Å². The van der Waals surface area contributed by atoms with Crippen molar-refractivity contribution in [3.8, 4) is 0 Å². The fraction of sp³-hybridized carbons (Fsp3) is 0.625. The van der Waals surface area contributed by atoms with Crippen LogP contribution in [-0.2, 0) is 6.54 Å². The van der Waals surface area contributed by atoms with Gasteiger partial charge >= 0.3 is 0 Å². The highest BCUT2D eigenvalue weighted by atomic mass is 15.1. The number of nitrogens with two attached hydrogens (primary N) is 1. The molecule has 0 amide bonds. The number of benzene rings is 1. The van der Waals surface area contributed by atoms with Gasteiger partial charge in [0.1, 0.15) is 0 Å². The molecule has 0 spiro atoms. The predicted octanol–water partition coefficient (Wildman–Crippen LogP) is 3.67. The van der Waals surface area contributed by atoms with Crippen molar-refractivity contribution in [3.63, 3.8) is 0 Å². The summed E-state index contributed by atoms with van der Waals surface area (Å²) < 4.78 is 0. The van der Waals surface area contributed by atoms with E-state index in [-0.39, 0.29) is 0 Å². The van der Waals surface area contributed by atoms with Crippen LogP contribution in [0.3, 0.4) is 0 Å². The minimum atomic E-state index is 0.879. The number of rotatable bonds is 6. The van der Waals surface area contributed by atoms with E-state index in [2.05, 4.69) is 30.0 Å². The van der Waals surface area contributed by atoms with Crippen molar-refractivity contribution < 1.29 is 0 Å². The average molecular weight is 246 g/mol. The second kappa shape index (κ2) is 6.79. The molecule has 0 heterocycles. The number of anilines is 1. The summed E-state index contributed by atoms with van der Waals surface area (Å²) in [6.45, 7) is 5.78. The first-order valence-electron chi connectivity index (χ1n) is 7.34. The fourth-order valence-corrected chi connectivity index (χ4v) is 3.06. The smallest absolute Gasteiger partial charge is 0.0317 e. The molecular formula is C16H26N2. The Kier molecular flexibility index (Phi) is 5.06. The highest BCUT2D eigenvalue weighted by molar-refractivity contribution is 5.40. The Labute approximate surface area is 111 Å². The van der Waals surface area contributed by atoms with E-state index in [0.29, 0.717) is 0 Å². The average Bonchev–Trinajstić information content (AvgIpc) is 2.82. The SMILES string of the molecule is CCCN(Cc1cccc(N)c1)CC1CCCC1. The third-order valence-corrected chi connectivity index (χ3v) is 3.89. The van der Waals surface area contributed by atoms with Crippen LogP contribution in [0.5, 0.6) is 0 Å². The molecule has 2 rings (SSSR count). The van der Waals surface area contributed by atoms with Gasteiger partial charge in [-0.2, -0.15) is 0 Å². The van der Waals surface area contributed by atoms with Crippen molar-refractivity contribution >= 4 is 5.69 Å². The lowest BCUT2D eigenvalue weighted by Gasteiger charge is -2.25. The van der Waals surface area contributed by atoms with Gasteiger partial charge < -0.3 is 5.73 Å². The topological polar surface area (TPSA) is 29.3 Å². The van der Waals surface area contributed by atoms with Crippen molar-refractivity contribution in [2.45, 2.75) is 45.6 Å².